The second-order valence-corrected chi connectivity index (χ2v) is 6.43. The minimum atomic E-state index is -2.77. The van der Waals surface area contributed by atoms with E-state index in [1.807, 2.05) is 0 Å². The Kier molecular flexibility index (Phi) is 3.60. The van der Waals surface area contributed by atoms with E-state index in [9.17, 15) is 8.42 Å². The van der Waals surface area contributed by atoms with Crippen molar-refractivity contribution in [3.63, 3.8) is 0 Å². The number of hydrogen-bond donors (Lipinski definition) is 2. The third-order valence-electron chi connectivity index (χ3n) is 2.87. The zero-order valence-corrected chi connectivity index (χ0v) is 9.55. The third kappa shape index (κ3) is 3.41. The summed E-state index contributed by atoms with van der Waals surface area (Å²) in [6.07, 6.45) is 0.921. The molecule has 2 N–H and O–H groups in total. The molecule has 0 aromatic heterocycles. The summed E-state index contributed by atoms with van der Waals surface area (Å²) < 4.78 is 27.9. The topological polar surface area (TPSA) is 67.4 Å². The van der Waals surface area contributed by atoms with Gasteiger partial charge >= 0.3 is 0 Å². The Hall–Kier alpha value is -0.170. The van der Waals surface area contributed by atoms with E-state index < -0.39 is 9.84 Å². The molecular weight excluding hydrogens is 216 g/mol. The van der Waals surface area contributed by atoms with E-state index in [-0.39, 0.29) is 17.9 Å². The molecule has 2 fully saturated rings. The summed E-state index contributed by atoms with van der Waals surface area (Å²) >= 11 is 0. The molecular formula is C9H18N2O3S. The number of rotatable bonds is 3. The van der Waals surface area contributed by atoms with Gasteiger partial charge in [-0.15, -0.1) is 0 Å². The van der Waals surface area contributed by atoms with Crippen molar-refractivity contribution in [3.05, 3.63) is 0 Å². The Morgan fingerprint density at radius 3 is 2.93 bits per heavy atom. The molecule has 0 spiro atoms. The highest BCUT2D eigenvalue weighted by Crippen LogP contribution is 2.11. The summed E-state index contributed by atoms with van der Waals surface area (Å²) in [7, 11) is -2.77. The quantitative estimate of drug-likeness (QED) is 0.639. The first-order valence-corrected chi connectivity index (χ1v) is 7.24. The molecule has 0 amide bonds. The van der Waals surface area contributed by atoms with E-state index in [0.29, 0.717) is 5.75 Å². The molecule has 88 valence electrons. The molecule has 6 heteroatoms. The van der Waals surface area contributed by atoms with Crippen LogP contribution in [0, 0.1) is 0 Å². The van der Waals surface area contributed by atoms with Crippen molar-refractivity contribution < 1.29 is 13.2 Å². The lowest BCUT2D eigenvalue weighted by Crippen LogP contribution is -2.46. The summed E-state index contributed by atoms with van der Waals surface area (Å²) in [5.41, 5.74) is 0. The highest BCUT2D eigenvalue weighted by Gasteiger charge is 2.28. The van der Waals surface area contributed by atoms with Crippen molar-refractivity contribution in [1.82, 2.24) is 10.6 Å². The van der Waals surface area contributed by atoms with Crippen LogP contribution in [0.3, 0.4) is 0 Å². The molecule has 2 aliphatic rings. The van der Waals surface area contributed by atoms with Crippen LogP contribution in [-0.4, -0.2) is 58.3 Å². The van der Waals surface area contributed by atoms with E-state index in [0.717, 1.165) is 32.7 Å². The van der Waals surface area contributed by atoms with Crippen molar-refractivity contribution in [3.8, 4) is 0 Å². The zero-order valence-electron chi connectivity index (χ0n) is 8.74. The number of ether oxygens (including phenoxy) is 1. The van der Waals surface area contributed by atoms with Crippen molar-refractivity contribution in [2.75, 3.05) is 37.7 Å². The Bertz CT molecular complexity index is 298. The molecule has 0 aliphatic carbocycles. The van der Waals surface area contributed by atoms with Gasteiger partial charge in [0.15, 0.2) is 9.84 Å². The average Bonchev–Trinajstić information content (AvgIpc) is 2.57. The van der Waals surface area contributed by atoms with Gasteiger partial charge in [0.1, 0.15) is 0 Å². The van der Waals surface area contributed by atoms with Gasteiger partial charge < -0.3 is 15.4 Å². The minimum Gasteiger partial charge on any atom is -0.374 e. The molecule has 0 aromatic carbocycles. The van der Waals surface area contributed by atoms with Gasteiger partial charge in [-0.1, -0.05) is 0 Å². The maximum atomic E-state index is 11.2. The van der Waals surface area contributed by atoms with E-state index in [1.54, 1.807) is 0 Å². The molecule has 2 heterocycles. The summed E-state index contributed by atoms with van der Waals surface area (Å²) in [4.78, 5) is 0. The standard InChI is InChI=1S/C9H18N2O3S/c12-15(13)4-1-8(7-15)11-6-9-5-10-2-3-14-9/h8-11H,1-7H2. The van der Waals surface area contributed by atoms with Crippen LogP contribution in [0.2, 0.25) is 0 Å². The van der Waals surface area contributed by atoms with Crippen molar-refractivity contribution >= 4 is 9.84 Å². The van der Waals surface area contributed by atoms with Crippen LogP contribution in [-0.2, 0) is 14.6 Å². The average molecular weight is 234 g/mol. The molecule has 2 unspecified atom stereocenters. The van der Waals surface area contributed by atoms with Crippen LogP contribution < -0.4 is 10.6 Å². The second kappa shape index (κ2) is 4.78. The number of hydrogen-bond acceptors (Lipinski definition) is 5. The highest BCUT2D eigenvalue weighted by atomic mass is 32.2. The number of sulfone groups is 1. The monoisotopic (exact) mass is 234 g/mol. The molecule has 0 radical (unpaired) electrons. The van der Waals surface area contributed by atoms with Gasteiger partial charge in [0.25, 0.3) is 0 Å². The molecule has 0 bridgehead atoms. The van der Waals surface area contributed by atoms with Crippen LogP contribution in [0.15, 0.2) is 0 Å². The van der Waals surface area contributed by atoms with Crippen molar-refractivity contribution in [1.29, 1.82) is 0 Å². The predicted octanol–water partition coefficient (Wildman–Crippen LogP) is -1.25. The Morgan fingerprint density at radius 2 is 2.33 bits per heavy atom. The smallest absolute Gasteiger partial charge is 0.151 e. The minimum absolute atomic E-state index is 0.125. The number of morpholine rings is 1. The summed E-state index contributed by atoms with van der Waals surface area (Å²) in [5, 5.41) is 6.51. The fraction of sp³-hybridized carbons (Fsp3) is 1.00. The number of nitrogens with one attached hydrogen (secondary N) is 2. The molecule has 0 aromatic rings. The summed E-state index contributed by atoms with van der Waals surface area (Å²) in [6.45, 7) is 3.25. The van der Waals surface area contributed by atoms with Gasteiger partial charge in [0.2, 0.25) is 0 Å². The Balaban J connectivity index is 1.70. The Morgan fingerprint density at radius 1 is 1.47 bits per heavy atom. The summed E-state index contributed by atoms with van der Waals surface area (Å²) in [6, 6.07) is 0.125. The molecule has 2 rings (SSSR count). The van der Waals surface area contributed by atoms with Crippen LogP contribution in [0.1, 0.15) is 6.42 Å². The molecule has 15 heavy (non-hydrogen) atoms. The van der Waals surface area contributed by atoms with Gasteiger partial charge in [-0.25, -0.2) is 8.42 Å². The molecule has 2 atom stereocenters. The zero-order chi connectivity index (χ0) is 10.7. The van der Waals surface area contributed by atoms with E-state index in [4.69, 9.17) is 4.74 Å². The molecule has 2 saturated heterocycles. The van der Waals surface area contributed by atoms with Gasteiger partial charge in [-0.3, -0.25) is 0 Å². The Labute approximate surface area is 90.5 Å². The van der Waals surface area contributed by atoms with E-state index in [1.165, 1.54) is 0 Å². The van der Waals surface area contributed by atoms with Crippen LogP contribution in [0.25, 0.3) is 0 Å². The van der Waals surface area contributed by atoms with Gasteiger partial charge in [-0.05, 0) is 6.42 Å². The fourth-order valence-corrected chi connectivity index (χ4v) is 3.71. The first kappa shape index (κ1) is 11.3. The molecule has 5 nitrogen and oxygen atoms in total. The third-order valence-corrected chi connectivity index (χ3v) is 4.64. The maximum Gasteiger partial charge on any atom is 0.151 e. The van der Waals surface area contributed by atoms with Crippen molar-refractivity contribution in [2.45, 2.75) is 18.6 Å². The lowest BCUT2D eigenvalue weighted by Gasteiger charge is -2.25. The lowest BCUT2D eigenvalue weighted by atomic mass is 10.2. The van der Waals surface area contributed by atoms with Gasteiger partial charge in [0, 0.05) is 25.7 Å². The van der Waals surface area contributed by atoms with E-state index >= 15 is 0 Å². The molecule has 0 saturated carbocycles. The predicted molar refractivity (Wildman–Crippen MR) is 57.7 cm³/mol. The second-order valence-electron chi connectivity index (χ2n) is 4.21. The lowest BCUT2D eigenvalue weighted by molar-refractivity contribution is 0.0280. The first-order valence-electron chi connectivity index (χ1n) is 5.42. The van der Waals surface area contributed by atoms with Crippen molar-refractivity contribution in [2.24, 2.45) is 0 Å². The highest BCUT2D eigenvalue weighted by molar-refractivity contribution is 7.91. The first-order chi connectivity index (χ1) is 7.16. The maximum absolute atomic E-state index is 11.2. The van der Waals surface area contributed by atoms with Crippen LogP contribution in [0.4, 0.5) is 0 Å². The summed E-state index contributed by atoms with van der Waals surface area (Å²) in [5.74, 6) is 0.613. The van der Waals surface area contributed by atoms with Crippen LogP contribution >= 0.6 is 0 Å². The van der Waals surface area contributed by atoms with Gasteiger partial charge in [-0.2, -0.15) is 0 Å². The van der Waals surface area contributed by atoms with Crippen LogP contribution in [0.5, 0.6) is 0 Å². The SMILES string of the molecule is O=S1(=O)CCC(NCC2CNCCO2)C1. The van der Waals surface area contributed by atoms with E-state index in [2.05, 4.69) is 10.6 Å². The van der Waals surface area contributed by atoms with Gasteiger partial charge in [0.05, 0.1) is 24.2 Å². The normalized spacial score (nSPS) is 35.5. The molecule has 2 aliphatic heterocycles. The largest absolute Gasteiger partial charge is 0.374 e. The fourth-order valence-electron chi connectivity index (χ4n) is 2.00.